The third-order valence-electron chi connectivity index (χ3n) is 6.17. The summed E-state index contributed by atoms with van der Waals surface area (Å²) in [5.74, 6) is 0. The molecular formula is C31H21. The van der Waals surface area contributed by atoms with Gasteiger partial charge in [-0.25, -0.2) is 0 Å². The Labute approximate surface area is 183 Å². The molecule has 1 aliphatic rings. The number of rotatable bonds is 3. The minimum atomic E-state index is 0.931. The molecule has 145 valence electrons. The van der Waals surface area contributed by atoms with Crippen molar-refractivity contribution in [2.75, 3.05) is 0 Å². The first-order chi connectivity index (χ1) is 15.4. The van der Waals surface area contributed by atoms with E-state index in [1.807, 2.05) is 0 Å². The van der Waals surface area contributed by atoms with Crippen molar-refractivity contribution in [1.29, 1.82) is 0 Å². The average Bonchev–Trinajstić information content (AvgIpc) is 3.23. The maximum absolute atomic E-state index is 3.87. The van der Waals surface area contributed by atoms with Crippen LogP contribution < -0.4 is 0 Å². The van der Waals surface area contributed by atoms with Gasteiger partial charge in [-0.05, 0) is 68.1 Å². The summed E-state index contributed by atoms with van der Waals surface area (Å²) in [5, 5.41) is 0. The molecule has 0 saturated heterocycles. The fourth-order valence-corrected chi connectivity index (χ4v) is 4.82. The highest BCUT2D eigenvalue weighted by atomic mass is 14.3. The van der Waals surface area contributed by atoms with Crippen molar-refractivity contribution in [3.05, 3.63) is 132 Å². The van der Waals surface area contributed by atoms with Crippen LogP contribution in [-0.4, -0.2) is 0 Å². The van der Waals surface area contributed by atoms with Crippen LogP contribution in [0.3, 0.4) is 0 Å². The second kappa shape index (κ2) is 7.41. The predicted octanol–water partition coefficient (Wildman–Crippen LogP) is 8.06. The minimum Gasteiger partial charge on any atom is -0.0622 e. The molecule has 5 aromatic carbocycles. The van der Waals surface area contributed by atoms with Gasteiger partial charge in [-0.3, -0.25) is 0 Å². The van der Waals surface area contributed by atoms with E-state index in [-0.39, 0.29) is 0 Å². The van der Waals surface area contributed by atoms with Crippen LogP contribution in [0, 0.1) is 6.07 Å². The quantitative estimate of drug-likeness (QED) is 0.285. The molecule has 0 aromatic heterocycles. The van der Waals surface area contributed by atoms with Crippen LogP contribution >= 0.6 is 0 Å². The molecule has 5 aromatic rings. The molecule has 31 heavy (non-hydrogen) atoms. The van der Waals surface area contributed by atoms with Gasteiger partial charge in [0.2, 0.25) is 0 Å². The summed E-state index contributed by atoms with van der Waals surface area (Å²) < 4.78 is 0. The minimum absolute atomic E-state index is 0.931. The molecule has 1 aliphatic carbocycles. The van der Waals surface area contributed by atoms with Crippen molar-refractivity contribution in [3.63, 3.8) is 0 Å². The van der Waals surface area contributed by atoms with Gasteiger partial charge >= 0.3 is 0 Å². The molecule has 0 saturated carbocycles. The molecule has 0 spiro atoms. The Bertz CT molecular complexity index is 1360. The molecule has 0 heteroatoms. The summed E-state index contributed by atoms with van der Waals surface area (Å²) in [7, 11) is 0. The van der Waals surface area contributed by atoms with Crippen LogP contribution in [-0.2, 0) is 6.42 Å². The third kappa shape index (κ3) is 3.00. The molecule has 0 fully saturated rings. The lowest BCUT2D eigenvalue weighted by atomic mass is 9.82. The van der Waals surface area contributed by atoms with E-state index in [4.69, 9.17) is 0 Å². The zero-order valence-electron chi connectivity index (χ0n) is 17.2. The van der Waals surface area contributed by atoms with Crippen LogP contribution in [0.2, 0.25) is 0 Å². The maximum Gasteiger partial charge on any atom is -0.000682 e. The standard InChI is InChI=1S/C31H21/c1-4-12-22(13-5-1)28-21-26-20-25-18-10-11-19-27(25)30(26)31(24-16-8-3-9-17-24)29(28)23-14-6-2-7-15-23/h1-19H,20H2. The van der Waals surface area contributed by atoms with Crippen molar-refractivity contribution < 1.29 is 0 Å². The fraction of sp³-hybridized carbons (Fsp3) is 0.0323. The molecule has 0 bridgehead atoms. The van der Waals surface area contributed by atoms with Gasteiger partial charge in [-0.2, -0.15) is 0 Å². The molecule has 0 heterocycles. The Morgan fingerprint density at radius 3 is 1.61 bits per heavy atom. The van der Waals surface area contributed by atoms with Crippen molar-refractivity contribution in [2.24, 2.45) is 0 Å². The molecule has 0 atom stereocenters. The van der Waals surface area contributed by atoms with E-state index in [9.17, 15) is 0 Å². The zero-order chi connectivity index (χ0) is 20.6. The first-order valence-electron chi connectivity index (χ1n) is 10.8. The Hall–Kier alpha value is -3.90. The number of hydrogen-bond acceptors (Lipinski definition) is 0. The Morgan fingerprint density at radius 2 is 0.968 bits per heavy atom. The Balaban J connectivity index is 1.79. The van der Waals surface area contributed by atoms with E-state index in [1.165, 1.54) is 55.6 Å². The molecule has 0 nitrogen and oxygen atoms in total. The van der Waals surface area contributed by atoms with E-state index in [1.54, 1.807) is 0 Å². The van der Waals surface area contributed by atoms with Crippen molar-refractivity contribution in [1.82, 2.24) is 0 Å². The topological polar surface area (TPSA) is 0 Å². The Morgan fingerprint density at radius 1 is 0.452 bits per heavy atom. The first-order valence-corrected chi connectivity index (χ1v) is 10.8. The van der Waals surface area contributed by atoms with Gasteiger partial charge in [-0.1, -0.05) is 115 Å². The van der Waals surface area contributed by atoms with E-state index >= 15 is 0 Å². The molecular weight excluding hydrogens is 372 g/mol. The SMILES string of the molecule is [c]1c2c(c(-c3ccccc3)c(-c3ccccc3)c1-c1ccccc1)-c1ccccc1C2. The monoisotopic (exact) mass is 393 g/mol. The van der Waals surface area contributed by atoms with Gasteiger partial charge in [0.25, 0.3) is 0 Å². The highest BCUT2D eigenvalue weighted by Gasteiger charge is 2.27. The van der Waals surface area contributed by atoms with Gasteiger partial charge in [0.05, 0.1) is 0 Å². The second-order valence-electron chi connectivity index (χ2n) is 8.04. The molecule has 0 unspecified atom stereocenters. The maximum atomic E-state index is 3.87. The van der Waals surface area contributed by atoms with Gasteiger partial charge in [-0.15, -0.1) is 0 Å². The fourth-order valence-electron chi connectivity index (χ4n) is 4.82. The predicted molar refractivity (Wildman–Crippen MR) is 130 cm³/mol. The molecule has 0 amide bonds. The molecule has 1 radical (unpaired) electrons. The second-order valence-corrected chi connectivity index (χ2v) is 8.04. The van der Waals surface area contributed by atoms with E-state index in [0.29, 0.717) is 0 Å². The van der Waals surface area contributed by atoms with Crippen LogP contribution in [0.15, 0.2) is 115 Å². The molecule has 6 rings (SSSR count). The third-order valence-corrected chi connectivity index (χ3v) is 6.17. The summed E-state index contributed by atoms with van der Waals surface area (Å²) in [4.78, 5) is 0. The lowest BCUT2D eigenvalue weighted by molar-refractivity contribution is 1.26. The molecule has 0 aliphatic heterocycles. The average molecular weight is 394 g/mol. The summed E-state index contributed by atoms with van der Waals surface area (Å²) in [5.41, 5.74) is 12.8. The number of benzene rings is 5. The zero-order valence-corrected chi connectivity index (χ0v) is 17.2. The lowest BCUT2D eigenvalue weighted by Crippen LogP contribution is -1.96. The summed E-state index contributed by atoms with van der Waals surface area (Å²) >= 11 is 0. The molecule has 0 N–H and O–H groups in total. The van der Waals surface area contributed by atoms with Crippen molar-refractivity contribution in [3.8, 4) is 44.5 Å². The van der Waals surface area contributed by atoms with Crippen molar-refractivity contribution in [2.45, 2.75) is 6.42 Å². The summed E-state index contributed by atoms with van der Waals surface area (Å²) in [6.45, 7) is 0. The van der Waals surface area contributed by atoms with Gasteiger partial charge in [0.1, 0.15) is 0 Å². The van der Waals surface area contributed by atoms with Gasteiger partial charge in [0, 0.05) is 0 Å². The first kappa shape index (κ1) is 17.9. The summed E-state index contributed by atoms with van der Waals surface area (Å²) in [6, 6.07) is 45.0. The normalized spacial score (nSPS) is 11.7. The smallest absolute Gasteiger partial charge is 0.000682 e. The lowest BCUT2D eigenvalue weighted by Gasteiger charge is -2.21. The Kier molecular flexibility index (Phi) is 4.28. The van der Waals surface area contributed by atoms with Gasteiger partial charge in [0.15, 0.2) is 0 Å². The highest BCUT2D eigenvalue weighted by molar-refractivity contribution is 6.04. The number of fused-ring (bicyclic) bond motifs is 3. The van der Waals surface area contributed by atoms with Crippen LogP contribution in [0.5, 0.6) is 0 Å². The van der Waals surface area contributed by atoms with E-state index < -0.39 is 0 Å². The van der Waals surface area contributed by atoms with Crippen LogP contribution in [0.4, 0.5) is 0 Å². The van der Waals surface area contributed by atoms with Crippen molar-refractivity contribution >= 4 is 0 Å². The number of hydrogen-bond donors (Lipinski definition) is 0. The largest absolute Gasteiger partial charge is 0.0622 e. The highest BCUT2D eigenvalue weighted by Crippen LogP contribution is 2.50. The van der Waals surface area contributed by atoms with E-state index in [0.717, 1.165) is 6.42 Å². The van der Waals surface area contributed by atoms with E-state index in [2.05, 4.69) is 121 Å². The van der Waals surface area contributed by atoms with Gasteiger partial charge < -0.3 is 0 Å². The van der Waals surface area contributed by atoms with Crippen LogP contribution in [0.1, 0.15) is 11.1 Å². The van der Waals surface area contributed by atoms with Crippen LogP contribution in [0.25, 0.3) is 44.5 Å². The summed E-state index contributed by atoms with van der Waals surface area (Å²) in [6.07, 6.45) is 0.931.